The van der Waals surface area contributed by atoms with Crippen molar-refractivity contribution in [1.82, 2.24) is 4.90 Å². The fraction of sp³-hybridized carbons (Fsp3) is 0.667. The Balaban J connectivity index is 1.95. The van der Waals surface area contributed by atoms with E-state index < -0.39 is 0 Å². The van der Waals surface area contributed by atoms with Gasteiger partial charge in [0.15, 0.2) is 0 Å². The van der Waals surface area contributed by atoms with Crippen LogP contribution in [-0.4, -0.2) is 24.0 Å². The van der Waals surface area contributed by atoms with Crippen LogP contribution in [0.3, 0.4) is 0 Å². The van der Waals surface area contributed by atoms with Gasteiger partial charge in [0.1, 0.15) is 0 Å². The highest BCUT2D eigenvalue weighted by molar-refractivity contribution is 9.10. The molecule has 1 aliphatic rings. The molecule has 2 rings (SSSR count). The lowest BCUT2D eigenvalue weighted by atomic mass is 9.99. The second-order valence-corrected chi connectivity index (χ2v) is 6.34. The van der Waals surface area contributed by atoms with Crippen molar-refractivity contribution in [2.24, 2.45) is 5.73 Å². The summed E-state index contributed by atoms with van der Waals surface area (Å²) in [5.74, 6) is 0. The van der Waals surface area contributed by atoms with Crippen molar-refractivity contribution in [2.45, 2.75) is 38.3 Å². The lowest BCUT2D eigenvalue weighted by molar-refractivity contribution is 0.135. The third-order valence-electron chi connectivity index (χ3n) is 3.23. The van der Waals surface area contributed by atoms with Crippen molar-refractivity contribution in [3.63, 3.8) is 0 Å². The maximum atomic E-state index is 5.69. The summed E-state index contributed by atoms with van der Waals surface area (Å²) in [6, 6.07) is 2.94. The van der Waals surface area contributed by atoms with Crippen LogP contribution in [0.1, 0.15) is 30.6 Å². The molecule has 1 saturated heterocycles. The van der Waals surface area contributed by atoms with E-state index in [2.05, 4.69) is 32.3 Å². The topological polar surface area (TPSA) is 29.3 Å². The first-order chi connectivity index (χ1) is 7.79. The average molecular weight is 303 g/mol. The first-order valence-electron chi connectivity index (χ1n) is 5.96. The number of halogens is 1. The van der Waals surface area contributed by atoms with E-state index in [9.17, 15) is 0 Å². The quantitative estimate of drug-likeness (QED) is 0.925. The van der Waals surface area contributed by atoms with Crippen LogP contribution in [0, 0.1) is 0 Å². The van der Waals surface area contributed by atoms with Crippen LogP contribution in [0.15, 0.2) is 15.9 Å². The molecule has 16 heavy (non-hydrogen) atoms. The van der Waals surface area contributed by atoms with Crippen LogP contribution >= 0.6 is 27.3 Å². The molecule has 0 saturated carbocycles. The van der Waals surface area contributed by atoms with E-state index >= 15 is 0 Å². The first-order valence-corrected chi connectivity index (χ1v) is 7.64. The molecule has 1 aromatic rings. The fourth-order valence-electron chi connectivity index (χ4n) is 2.42. The van der Waals surface area contributed by atoms with E-state index in [4.69, 9.17) is 5.73 Å². The molecule has 1 unspecified atom stereocenters. The maximum absolute atomic E-state index is 5.69. The molecule has 1 aliphatic heterocycles. The largest absolute Gasteiger partial charge is 0.330 e. The molecular weight excluding hydrogens is 284 g/mol. The Labute approximate surface area is 110 Å². The highest BCUT2D eigenvalue weighted by Crippen LogP contribution is 2.25. The summed E-state index contributed by atoms with van der Waals surface area (Å²) >= 11 is 5.36. The standard InChI is InChI=1S/C12H19BrN2S/c13-10-7-12(16-9-10)8-15-6-2-1-3-11(15)4-5-14/h7,9,11H,1-6,8,14H2. The molecule has 2 N–H and O–H groups in total. The third-order valence-corrected chi connectivity index (χ3v) is 4.91. The van der Waals surface area contributed by atoms with Crippen molar-refractivity contribution in [1.29, 1.82) is 0 Å². The molecular formula is C12H19BrN2S. The molecule has 1 atom stereocenters. The Kier molecular flexibility index (Phi) is 4.82. The van der Waals surface area contributed by atoms with Crippen LogP contribution in [-0.2, 0) is 6.54 Å². The summed E-state index contributed by atoms with van der Waals surface area (Å²) in [6.45, 7) is 3.15. The number of hydrogen-bond donors (Lipinski definition) is 1. The van der Waals surface area contributed by atoms with E-state index in [1.54, 1.807) is 0 Å². The third kappa shape index (κ3) is 3.29. The molecule has 0 amide bonds. The Bertz CT molecular complexity index is 325. The highest BCUT2D eigenvalue weighted by Gasteiger charge is 2.21. The van der Waals surface area contributed by atoms with E-state index in [0.717, 1.165) is 19.5 Å². The number of likely N-dealkylation sites (tertiary alicyclic amines) is 1. The molecule has 1 aromatic heterocycles. The smallest absolute Gasteiger partial charge is 0.0331 e. The minimum atomic E-state index is 0.708. The summed E-state index contributed by atoms with van der Waals surface area (Å²) < 4.78 is 1.21. The Morgan fingerprint density at radius 2 is 2.38 bits per heavy atom. The van der Waals surface area contributed by atoms with Crippen LogP contribution < -0.4 is 5.73 Å². The van der Waals surface area contributed by atoms with Crippen LogP contribution in [0.5, 0.6) is 0 Å². The Morgan fingerprint density at radius 1 is 1.50 bits per heavy atom. The van der Waals surface area contributed by atoms with Gasteiger partial charge in [-0.25, -0.2) is 0 Å². The average Bonchev–Trinajstić information content (AvgIpc) is 2.67. The van der Waals surface area contributed by atoms with Crippen LogP contribution in [0.4, 0.5) is 0 Å². The summed E-state index contributed by atoms with van der Waals surface area (Å²) in [5, 5.41) is 2.16. The molecule has 0 spiro atoms. The molecule has 0 bridgehead atoms. The van der Waals surface area contributed by atoms with Crippen molar-refractivity contribution in [3.8, 4) is 0 Å². The number of thiophene rings is 1. The number of rotatable bonds is 4. The van der Waals surface area contributed by atoms with Gasteiger partial charge in [0.2, 0.25) is 0 Å². The van der Waals surface area contributed by atoms with E-state index in [0.29, 0.717) is 6.04 Å². The predicted octanol–water partition coefficient (Wildman–Crippen LogP) is 3.21. The van der Waals surface area contributed by atoms with E-state index in [1.165, 1.54) is 35.2 Å². The van der Waals surface area contributed by atoms with Gasteiger partial charge in [0.05, 0.1) is 0 Å². The normalized spacial score (nSPS) is 22.5. The van der Waals surface area contributed by atoms with Gasteiger partial charge in [-0.05, 0) is 54.3 Å². The highest BCUT2D eigenvalue weighted by atomic mass is 79.9. The number of nitrogens with two attached hydrogens (primary N) is 1. The maximum Gasteiger partial charge on any atom is 0.0331 e. The summed E-state index contributed by atoms with van der Waals surface area (Å²) in [7, 11) is 0. The molecule has 2 nitrogen and oxygen atoms in total. The number of piperidine rings is 1. The van der Waals surface area contributed by atoms with Crippen molar-refractivity contribution in [3.05, 3.63) is 20.8 Å². The van der Waals surface area contributed by atoms with Gasteiger partial charge in [-0.15, -0.1) is 11.3 Å². The Morgan fingerprint density at radius 3 is 3.06 bits per heavy atom. The fourth-order valence-corrected chi connectivity index (χ4v) is 3.90. The molecule has 90 valence electrons. The van der Waals surface area contributed by atoms with Crippen LogP contribution in [0.2, 0.25) is 0 Å². The minimum absolute atomic E-state index is 0.708. The monoisotopic (exact) mass is 302 g/mol. The van der Waals surface area contributed by atoms with E-state index in [1.807, 2.05) is 11.3 Å². The van der Waals surface area contributed by atoms with Crippen molar-refractivity contribution < 1.29 is 0 Å². The molecule has 0 aromatic carbocycles. The first kappa shape index (κ1) is 12.6. The lowest BCUT2D eigenvalue weighted by Gasteiger charge is -2.35. The van der Waals surface area contributed by atoms with E-state index in [-0.39, 0.29) is 0 Å². The zero-order valence-electron chi connectivity index (χ0n) is 9.49. The van der Waals surface area contributed by atoms with Gasteiger partial charge >= 0.3 is 0 Å². The lowest BCUT2D eigenvalue weighted by Crippen LogP contribution is -2.39. The van der Waals surface area contributed by atoms with Gasteiger partial charge < -0.3 is 5.73 Å². The second-order valence-electron chi connectivity index (χ2n) is 4.43. The van der Waals surface area contributed by atoms with Gasteiger partial charge in [-0.1, -0.05) is 6.42 Å². The molecule has 1 fully saturated rings. The van der Waals surface area contributed by atoms with Gasteiger partial charge in [-0.3, -0.25) is 4.90 Å². The number of nitrogens with zero attached hydrogens (tertiary/aromatic N) is 1. The molecule has 4 heteroatoms. The predicted molar refractivity (Wildman–Crippen MR) is 73.7 cm³/mol. The molecule has 0 aliphatic carbocycles. The zero-order valence-corrected chi connectivity index (χ0v) is 11.9. The summed E-state index contributed by atoms with van der Waals surface area (Å²) in [6.07, 6.45) is 5.18. The van der Waals surface area contributed by atoms with Gasteiger partial charge in [-0.2, -0.15) is 0 Å². The Hall–Kier alpha value is 0.1000. The second kappa shape index (κ2) is 6.15. The van der Waals surface area contributed by atoms with Gasteiger partial charge in [0, 0.05) is 27.3 Å². The number of hydrogen-bond acceptors (Lipinski definition) is 3. The van der Waals surface area contributed by atoms with Crippen LogP contribution in [0.25, 0.3) is 0 Å². The van der Waals surface area contributed by atoms with Crippen molar-refractivity contribution in [2.75, 3.05) is 13.1 Å². The summed E-state index contributed by atoms with van der Waals surface area (Å²) in [5.41, 5.74) is 5.69. The summed E-state index contributed by atoms with van der Waals surface area (Å²) in [4.78, 5) is 4.06. The van der Waals surface area contributed by atoms with Crippen molar-refractivity contribution >= 4 is 27.3 Å². The van der Waals surface area contributed by atoms with Gasteiger partial charge in [0.25, 0.3) is 0 Å². The minimum Gasteiger partial charge on any atom is -0.330 e. The molecule has 0 radical (unpaired) electrons. The SMILES string of the molecule is NCCC1CCCCN1Cc1cc(Br)cs1. The molecule has 2 heterocycles. The zero-order chi connectivity index (χ0) is 11.4.